The van der Waals surface area contributed by atoms with Gasteiger partial charge in [0.05, 0.1) is 19.8 Å². The minimum Gasteiger partial charge on any atom is -0.383 e. The van der Waals surface area contributed by atoms with E-state index >= 15 is 0 Å². The Morgan fingerprint density at radius 2 is 1.94 bits per heavy atom. The van der Waals surface area contributed by atoms with Crippen molar-refractivity contribution in [2.24, 2.45) is 16.6 Å². The summed E-state index contributed by atoms with van der Waals surface area (Å²) in [4.78, 5) is 4.17. The Kier molecular flexibility index (Phi) is 15.0. The number of halogens is 1. The number of nitrogens with one attached hydrogen (secondary N) is 1. The van der Waals surface area contributed by atoms with E-state index < -0.39 is 0 Å². The van der Waals surface area contributed by atoms with Crippen LogP contribution in [0, 0.1) is 5.92 Å². The molecule has 18 heavy (non-hydrogen) atoms. The van der Waals surface area contributed by atoms with Gasteiger partial charge in [0.25, 0.3) is 0 Å². The molecule has 110 valence electrons. The average molecular weight is 373 g/mol. The molecule has 0 aliphatic heterocycles. The molecule has 0 aromatic carbocycles. The topological polar surface area (TPSA) is 68.9 Å². The van der Waals surface area contributed by atoms with E-state index in [1.807, 2.05) is 6.92 Å². The van der Waals surface area contributed by atoms with Crippen molar-refractivity contribution in [1.82, 2.24) is 5.32 Å². The summed E-state index contributed by atoms with van der Waals surface area (Å²) in [5.41, 5.74) is 5.70. The first-order chi connectivity index (χ1) is 8.06. The number of aliphatic imine (C=N–C) groups is 1. The van der Waals surface area contributed by atoms with Gasteiger partial charge in [0.2, 0.25) is 0 Å². The second-order valence-electron chi connectivity index (χ2n) is 4.56. The molecule has 1 atom stereocenters. The van der Waals surface area contributed by atoms with Gasteiger partial charge in [0.15, 0.2) is 5.96 Å². The van der Waals surface area contributed by atoms with Gasteiger partial charge in [-0.15, -0.1) is 24.0 Å². The molecule has 0 fully saturated rings. The smallest absolute Gasteiger partial charge is 0.188 e. The van der Waals surface area contributed by atoms with Crippen LogP contribution in [0.15, 0.2) is 4.99 Å². The van der Waals surface area contributed by atoms with Crippen LogP contribution in [0.3, 0.4) is 0 Å². The van der Waals surface area contributed by atoms with Crippen molar-refractivity contribution in [2.45, 2.75) is 33.2 Å². The van der Waals surface area contributed by atoms with Crippen LogP contribution >= 0.6 is 24.0 Å². The maximum absolute atomic E-state index is 5.70. The summed E-state index contributed by atoms with van der Waals surface area (Å²) in [5, 5.41) is 3.04. The number of rotatable bonds is 9. The van der Waals surface area contributed by atoms with Crippen LogP contribution in [0.5, 0.6) is 0 Å². The fourth-order valence-electron chi connectivity index (χ4n) is 1.24. The molecule has 6 heteroatoms. The minimum atomic E-state index is 0. The Morgan fingerprint density at radius 1 is 1.28 bits per heavy atom. The van der Waals surface area contributed by atoms with E-state index in [2.05, 4.69) is 24.2 Å². The molecule has 0 bridgehead atoms. The third-order valence-corrected chi connectivity index (χ3v) is 2.17. The van der Waals surface area contributed by atoms with Crippen LogP contribution in [-0.2, 0) is 9.47 Å². The normalized spacial score (nSPS) is 13.3. The third-order valence-electron chi connectivity index (χ3n) is 2.17. The highest BCUT2D eigenvalue weighted by Gasteiger charge is 2.00. The Morgan fingerprint density at radius 3 is 2.50 bits per heavy atom. The predicted octanol–water partition coefficient (Wildman–Crippen LogP) is 1.61. The van der Waals surface area contributed by atoms with Gasteiger partial charge in [-0.05, 0) is 19.3 Å². The molecule has 0 aliphatic carbocycles. The van der Waals surface area contributed by atoms with Gasteiger partial charge < -0.3 is 20.5 Å². The Bertz CT molecular complexity index is 213. The Balaban J connectivity index is 0. The number of nitrogens with two attached hydrogens (primary N) is 1. The molecule has 0 amide bonds. The highest BCUT2D eigenvalue weighted by molar-refractivity contribution is 14.0. The summed E-state index contributed by atoms with van der Waals surface area (Å²) in [5.74, 6) is 1.13. The molecule has 0 saturated heterocycles. The molecule has 0 aromatic heterocycles. The monoisotopic (exact) mass is 373 g/mol. The first-order valence-corrected chi connectivity index (χ1v) is 6.19. The predicted molar refractivity (Wildman–Crippen MR) is 86.7 cm³/mol. The zero-order valence-corrected chi connectivity index (χ0v) is 14.3. The van der Waals surface area contributed by atoms with Gasteiger partial charge in [-0.25, -0.2) is 0 Å². The van der Waals surface area contributed by atoms with E-state index in [-0.39, 0.29) is 30.0 Å². The van der Waals surface area contributed by atoms with Gasteiger partial charge in [-0.2, -0.15) is 0 Å². The summed E-state index contributed by atoms with van der Waals surface area (Å²) >= 11 is 0. The van der Waals surface area contributed by atoms with Gasteiger partial charge >= 0.3 is 0 Å². The number of methoxy groups -OCH3 is 1. The Labute approximate surface area is 128 Å². The summed E-state index contributed by atoms with van der Waals surface area (Å²) < 4.78 is 10.4. The van der Waals surface area contributed by atoms with E-state index in [1.54, 1.807) is 7.11 Å². The summed E-state index contributed by atoms with van der Waals surface area (Å²) in [7, 11) is 1.66. The molecule has 0 saturated carbocycles. The number of hydrogen-bond acceptors (Lipinski definition) is 3. The zero-order chi connectivity index (χ0) is 13.1. The SMILES string of the molecule is COCC(C)NC(N)=NCCOCCC(C)C.I. The van der Waals surface area contributed by atoms with E-state index in [1.165, 1.54) is 0 Å². The van der Waals surface area contributed by atoms with Crippen molar-refractivity contribution in [2.75, 3.05) is 33.5 Å². The summed E-state index contributed by atoms with van der Waals surface area (Å²) in [6.45, 7) is 8.97. The molecule has 0 aliphatic rings. The molecule has 0 radical (unpaired) electrons. The van der Waals surface area contributed by atoms with Crippen LogP contribution in [0.4, 0.5) is 0 Å². The molecule has 3 N–H and O–H groups in total. The van der Waals surface area contributed by atoms with Gasteiger partial charge in [-0.3, -0.25) is 4.99 Å². The molecule has 0 rings (SSSR count). The maximum Gasteiger partial charge on any atom is 0.188 e. The fourth-order valence-corrected chi connectivity index (χ4v) is 1.24. The molecular formula is C12H28IN3O2. The number of hydrogen-bond donors (Lipinski definition) is 2. The summed E-state index contributed by atoms with van der Waals surface area (Å²) in [6.07, 6.45) is 1.09. The van der Waals surface area contributed by atoms with Gasteiger partial charge in [-0.1, -0.05) is 13.8 Å². The fraction of sp³-hybridized carbons (Fsp3) is 0.917. The van der Waals surface area contributed by atoms with Crippen molar-refractivity contribution in [3.8, 4) is 0 Å². The van der Waals surface area contributed by atoms with Crippen molar-refractivity contribution >= 4 is 29.9 Å². The first kappa shape index (κ1) is 20.2. The second kappa shape index (κ2) is 13.4. The lowest BCUT2D eigenvalue weighted by atomic mass is 10.1. The lowest BCUT2D eigenvalue weighted by molar-refractivity contribution is 0.130. The van der Waals surface area contributed by atoms with Crippen molar-refractivity contribution in [3.05, 3.63) is 0 Å². The molecule has 0 aromatic rings. The van der Waals surface area contributed by atoms with E-state index in [4.69, 9.17) is 15.2 Å². The Hall–Kier alpha value is -0.0800. The molecular weight excluding hydrogens is 345 g/mol. The standard InChI is InChI=1S/C12H27N3O2.HI/c1-10(2)5-7-17-8-6-14-12(13)15-11(3)9-16-4;/h10-11H,5-9H2,1-4H3,(H3,13,14,15);1H. The largest absolute Gasteiger partial charge is 0.383 e. The first-order valence-electron chi connectivity index (χ1n) is 6.19. The van der Waals surface area contributed by atoms with Crippen molar-refractivity contribution in [3.63, 3.8) is 0 Å². The van der Waals surface area contributed by atoms with Crippen molar-refractivity contribution in [1.29, 1.82) is 0 Å². The third kappa shape index (κ3) is 14.0. The van der Waals surface area contributed by atoms with Crippen LogP contribution in [0.1, 0.15) is 27.2 Å². The van der Waals surface area contributed by atoms with Crippen LogP contribution in [0.25, 0.3) is 0 Å². The molecule has 5 nitrogen and oxygen atoms in total. The quantitative estimate of drug-likeness (QED) is 0.279. The van der Waals surface area contributed by atoms with E-state index in [0.717, 1.165) is 13.0 Å². The van der Waals surface area contributed by atoms with Gasteiger partial charge in [0.1, 0.15) is 0 Å². The summed E-state index contributed by atoms with van der Waals surface area (Å²) in [6, 6.07) is 0.172. The lowest BCUT2D eigenvalue weighted by Gasteiger charge is -2.13. The van der Waals surface area contributed by atoms with E-state index in [9.17, 15) is 0 Å². The molecule has 0 spiro atoms. The van der Waals surface area contributed by atoms with Crippen LogP contribution in [0.2, 0.25) is 0 Å². The molecule has 1 unspecified atom stereocenters. The van der Waals surface area contributed by atoms with E-state index in [0.29, 0.717) is 31.6 Å². The highest BCUT2D eigenvalue weighted by Crippen LogP contribution is 1.98. The maximum atomic E-state index is 5.70. The molecule has 0 heterocycles. The number of ether oxygens (including phenoxy) is 2. The number of guanidine groups is 1. The van der Waals surface area contributed by atoms with Crippen LogP contribution < -0.4 is 11.1 Å². The zero-order valence-electron chi connectivity index (χ0n) is 11.9. The van der Waals surface area contributed by atoms with Crippen molar-refractivity contribution < 1.29 is 9.47 Å². The minimum absolute atomic E-state index is 0. The highest BCUT2D eigenvalue weighted by atomic mass is 127. The lowest BCUT2D eigenvalue weighted by Crippen LogP contribution is -2.40. The second-order valence-corrected chi connectivity index (χ2v) is 4.56. The number of nitrogens with zero attached hydrogens (tertiary/aromatic N) is 1. The average Bonchev–Trinajstić information content (AvgIpc) is 2.23. The van der Waals surface area contributed by atoms with Crippen LogP contribution in [-0.4, -0.2) is 45.5 Å². The van der Waals surface area contributed by atoms with Gasteiger partial charge in [0, 0.05) is 19.8 Å².